The van der Waals surface area contributed by atoms with Crippen molar-refractivity contribution in [3.63, 3.8) is 0 Å². The fourth-order valence-corrected chi connectivity index (χ4v) is 4.47. The number of esters is 1. The molecule has 1 aliphatic rings. The van der Waals surface area contributed by atoms with Crippen molar-refractivity contribution in [1.82, 2.24) is 0 Å². The van der Waals surface area contributed by atoms with E-state index in [1.54, 1.807) is 0 Å². The lowest BCUT2D eigenvalue weighted by molar-refractivity contribution is -0.277. The number of aliphatic hydroxyl groups is 3. The van der Waals surface area contributed by atoms with Crippen LogP contribution in [0, 0.1) is 0 Å². The molecule has 2 heterocycles. The highest BCUT2D eigenvalue weighted by molar-refractivity contribution is 5.91. The van der Waals surface area contributed by atoms with Gasteiger partial charge in [0, 0.05) is 17.7 Å². The second-order valence-electron chi connectivity index (χ2n) is 9.72. The predicted molar refractivity (Wildman–Crippen MR) is 144 cm³/mol. The lowest BCUT2D eigenvalue weighted by Gasteiger charge is -2.39. The van der Waals surface area contributed by atoms with Crippen molar-refractivity contribution in [2.45, 2.75) is 30.7 Å². The van der Waals surface area contributed by atoms with Crippen molar-refractivity contribution >= 4 is 16.9 Å². The van der Waals surface area contributed by atoms with Crippen LogP contribution in [-0.2, 0) is 9.47 Å². The Hall–Kier alpha value is -5.42. The van der Waals surface area contributed by atoms with Gasteiger partial charge in [-0.3, -0.25) is 4.79 Å². The Bertz CT molecular complexity index is 1790. The molecular formula is C28H24O16. The van der Waals surface area contributed by atoms with Crippen LogP contribution in [0.1, 0.15) is 10.4 Å². The van der Waals surface area contributed by atoms with Crippen LogP contribution in [0.2, 0.25) is 0 Å². The van der Waals surface area contributed by atoms with Crippen LogP contribution in [0.25, 0.3) is 22.3 Å². The smallest absolute Gasteiger partial charge is 0.338 e. The molecule has 4 aromatic rings. The summed E-state index contributed by atoms with van der Waals surface area (Å²) in [4.78, 5) is 25.0. The van der Waals surface area contributed by atoms with Gasteiger partial charge in [-0.25, -0.2) is 4.79 Å². The zero-order valence-electron chi connectivity index (χ0n) is 22.1. The van der Waals surface area contributed by atoms with E-state index in [9.17, 15) is 60.7 Å². The largest absolute Gasteiger partial charge is 0.508 e. The van der Waals surface area contributed by atoms with Gasteiger partial charge < -0.3 is 69.7 Å². The van der Waals surface area contributed by atoms with E-state index >= 15 is 0 Å². The fourth-order valence-electron chi connectivity index (χ4n) is 4.47. The van der Waals surface area contributed by atoms with Crippen LogP contribution in [-0.4, -0.2) is 94.3 Å². The summed E-state index contributed by atoms with van der Waals surface area (Å²) in [5.41, 5.74) is -1.71. The molecule has 232 valence electrons. The van der Waals surface area contributed by atoms with Gasteiger partial charge in [-0.2, -0.15) is 0 Å². The Morgan fingerprint density at radius 1 is 0.773 bits per heavy atom. The van der Waals surface area contributed by atoms with Gasteiger partial charge >= 0.3 is 5.97 Å². The topological polar surface area (TPSA) is 277 Å². The van der Waals surface area contributed by atoms with Crippen LogP contribution < -0.4 is 10.2 Å². The normalized spacial score (nSPS) is 21.7. The van der Waals surface area contributed by atoms with Crippen molar-refractivity contribution in [2.75, 3.05) is 6.61 Å². The van der Waals surface area contributed by atoms with Gasteiger partial charge in [-0.1, -0.05) is 0 Å². The molecule has 16 nitrogen and oxygen atoms in total. The number of hydrogen-bond acceptors (Lipinski definition) is 16. The molecule has 5 unspecified atom stereocenters. The van der Waals surface area contributed by atoms with E-state index in [4.69, 9.17) is 18.6 Å². The molecule has 0 aliphatic carbocycles. The average Bonchev–Trinajstić information content (AvgIpc) is 2.97. The van der Waals surface area contributed by atoms with Crippen LogP contribution in [0.3, 0.4) is 0 Å². The zero-order chi connectivity index (χ0) is 32.0. The number of phenolic OH excluding ortho intramolecular Hbond substituents is 6. The third-order valence-corrected chi connectivity index (χ3v) is 6.75. The van der Waals surface area contributed by atoms with Gasteiger partial charge in [0.1, 0.15) is 53.5 Å². The maximum Gasteiger partial charge on any atom is 0.338 e. The first-order chi connectivity index (χ1) is 20.8. The number of hydrogen-bond donors (Lipinski definition) is 10. The molecule has 0 spiro atoms. The van der Waals surface area contributed by atoms with Crippen LogP contribution >= 0.6 is 0 Å². The van der Waals surface area contributed by atoms with E-state index in [1.165, 1.54) is 6.07 Å². The van der Waals surface area contributed by atoms with Crippen LogP contribution in [0.15, 0.2) is 51.7 Å². The SMILES string of the molecule is O=C(OCC1OC(Oc2ccc(-c3oc4cc(O)cc(O)c4c(=O)c3O)cc2O)C(O)C(O)C1O)c1cc(O)c(O)c(O)c1. The lowest BCUT2D eigenvalue weighted by Crippen LogP contribution is -2.60. The Morgan fingerprint density at radius 2 is 1.45 bits per heavy atom. The van der Waals surface area contributed by atoms with E-state index in [0.29, 0.717) is 0 Å². The number of rotatable bonds is 6. The van der Waals surface area contributed by atoms with Crippen molar-refractivity contribution in [1.29, 1.82) is 0 Å². The van der Waals surface area contributed by atoms with Crippen LogP contribution in [0.5, 0.6) is 46.0 Å². The number of ether oxygens (including phenoxy) is 3. The first kappa shape index (κ1) is 30.1. The van der Waals surface area contributed by atoms with E-state index in [1.807, 2.05) is 0 Å². The molecule has 1 aromatic heterocycles. The molecular weight excluding hydrogens is 592 g/mol. The Kier molecular flexibility index (Phi) is 7.75. The molecule has 3 aromatic carbocycles. The van der Waals surface area contributed by atoms with Crippen molar-refractivity contribution in [3.8, 4) is 57.3 Å². The quantitative estimate of drug-likeness (QED) is 0.104. The van der Waals surface area contributed by atoms with Gasteiger partial charge in [0.05, 0.1) is 5.56 Å². The van der Waals surface area contributed by atoms with Gasteiger partial charge in [0.15, 0.2) is 34.5 Å². The summed E-state index contributed by atoms with van der Waals surface area (Å²) in [6.07, 6.45) is -8.76. The third-order valence-electron chi connectivity index (χ3n) is 6.75. The predicted octanol–water partition coefficient (Wildman–Crippen LogP) is 0.443. The maximum absolute atomic E-state index is 12.6. The standard InChI is InChI=1S/C28H24O16/c29-11-6-13(31)19-17(7-11)42-26(24(38)22(19)36)9-1-2-16(12(30)3-9)43-28-25(39)23(37)21(35)18(44-28)8-41-27(40)10-4-14(32)20(34)15(33)5-10/h1-7,18,21,23,25,28-35,37-39H,8H2. The van der Waals surface area contributed by atoms with Crippen LogP contribution in [0.4, 0.5) is 0 Å². The summed E-state index contributed by atoms with van der Waals surface area (Å²) in [6, 6.07) is 6.89. The molecule has 1 saturated heterocycles. The molecule has 10 N–H and O–H groups in total. The summed E-state index contributed by atoms with van der Waals surface area (Å²) < 4.78 is 21.4. The van der Waals surface area contributed by atoms with E-state index in [2.05, 4.69) is 0 Å². The van der Waals surface area contributed by atoms with E-state index in [0.717, 1.165) is 36.4 Å². The van der Waals surface area contributed by atoms with Gasteiger partial charge in [-0.15, -0.1) is 0 Å². The molecule has 5 atom stereocenters. The second-order valence-corrected chi connectivity index (χ2v) is 9.72. The molecule has 5 rings (SSSR count). The monoisotopic (exact) mass is 616 g/mol. The number of aromatic hydroxyl groups is 7. The summed E-state index contributed by atoms with van der Waals surface area (Å²) >= 11 is 0. The van der Waals surface area contributed by atoms with Crippen molar-refractivity contribution in [3.05, 3.63) is 58.3 Å². The molecule has 0 bridgehead atoms. The number of aliphatic hydroxyl groups excluding tert-OH is 3. The number of benzene rings is 3. The zero-order valence-corrected chi connectivity index (χ0v) is 22.1. The van der Waals surface area contributed by atoms with Gasteiger partial charge in [0.25, 0.3) is 0 Å². The summed E-state index contributed by atoms with van der Waals surface area (Å²) in [6.45, 7) is -0.720. The first-order valence-electron chi connectivity index (χ1n) is 12.6. The summed E-state index contributed by atoms with van der Waals surface area (Å²) in [5, 5.41) is 100. The molecule has 0 amide bonds. The highest BCUT2D eigenvalue weighted by Gasteiger charge is 2.45. The Morgan fingerprint density at radius 3 is 2.11 bits per heavy atom. The molecule has 16 heteroatoms. The maximum atomic E-state index is 12.6. The minimum Gasteiger partial charge on any atom is -0.508 e. The van der Waals surface area contributed by atoms with Gasteiger partial charge in [-0.05, 0) is 30.3 Å². The fraction of sp³-hybridized carbons (Fsp3) is 0.214. The molecule has 1 aliphatic heterocycles. The second kappa shape index (κ2) is 11.3. The molecule has 0 saturated carbocycles. The van der Waals surface area contributed by atoms with Crippen molar-refractivity contribution < 1.29 is 74.5 Å². The van der Waals surface area contributed by atoms with E-state index < -0.39 is 100 Å². The molecule has 1 fully saturated rings. The summed E-state index contributed by atoms with van der Waals surface area (Å²) in [5.74, 6) is -6.96. The number of carbonyl (C=O) groups excluding carboxylic acids is 1. The van der Waals surface area contributed by atoms with Crippen molar-refractivity contribution in [2.24, 2.45) is 0 Å². The number of phenols is 6. The first-order valence-corrected chi connectivity index (χ1v) is 12.6. The molecule has 44 heavy (non-hydrogen) atoms. The third kappa shape index (κ3) is 5.40. The highest BCUT2D eigenvalue weighted by Crippen LogP contribution is 2.39. The summed E-state index contributed by atoms with van der Waals surface area (Å²) in [7, 11) is 0. The Labute approximate surface area is 244 Å². The average molecular weight is 616 g/mol. The lowest BCUT2D eigenvalue weighted by atomic mass is 9.99. The minimum absolute atomic E-state index is 0.0501. The molecule has 0 radical (unpaired) electrons. The highest BCUT2D eigenvalue weighted by atomic mass is 16.7. The minimum atomic E-state index is -1.88. The number of carbonyl (C=O) groups is 1. The Balaban J connectivity index is 1.34. The number of fused-ring (bicyclic) bond motifs is 1. The van der Waals surface area contributed by atoms with E-state index in [-0.39, 0.29) is 22.5 Å². The van der Waals surface area contributed by atoms with Gasteiger partial charge in [0.2, 0.25) is 17.5 Å².